The minimum absolute atomic E-state index is 0.216. The SMILES string of the molecule is COc1ccccc1N[C@H](C)C(=O)Nc1cc(C)no1. The molecule has 6 heteroatoms. The van der Waals surface area contributed by atoms with E-state index >= 15 is 0 Å². The van der Waals surface area contributed by atoms with Crippen molar-refractivity contribution in [2.75, 3.05) is 17.7 Å². The number of carbonyl (C=O) groups excluding carboxylic acids is 1. The summed E-state index contributed by atoms with van der Waals surface area (Å²) in [7, 11) is 1.59. The smallest absolute Gasteiger partial charge is 0.248 e. The van der Waals surface area contributed by atoms with Crippen molar-refractivity contribution in [2.24, 2.45) is 0 Å². The Morgan fingerprint density at radius 3 is 2.80 bits per heavy atom. The van der Waals surface area contributed by atoms with Crippen LogP contribution in [-0.4, -0.2) is 24.2 Å². The zero-order chi connectivity index (χ0) is 14.5. The van der Waals surface area contributed by atoms with Crippen molar-refractivity contribution in [3.63, 3.8) is 0 Å². The zero-order valence-electron chi connectivity index (χ0n) is 11.6. The van der Waals surface area contributed by atoms with Crippen molar-refractivity contribution in [2.45, 2.75) is 19.9 Å². The van der Waals surface area contributed by atoms with Gasteiger partial charge in [-0.25, -0.2) is 0 Å². The Morgan fingerprint density at radius 1 is 1.40 bits per heavy atom. The number of para-hydroxylation sites is 2. The first-order valence-electron chi connectivity index (χ1n) is 6.24. The first kappa shape index (κ1) is 13.9. The largest absolute Gasteiger partial charge is 0.495 e. The highest BCUT2D eigenvalue weighted by Crippen LogP contribution is 2.23. The summed E-state index contributed by atoms with van der Waals surface area (Å²) < 4.78 is 10.2. The van der Waals surface area contributed by atoms with E-state index < -0.39 is 6.04 Å². The molecule has 0 saturated carbocycles. The Labute approximate surface area is 117 Å². The van der Waals surface area contributed by atoms with E-state index in [-0.39, 0.29) is 5.91 Å². The maximum atomic E-state index is 12.0. The Kier molecular flexibility index (Phi) is 4.24. The van der Waals surface area contributed by atoms with E-state index in [2.05, 4.69) is 15.8 Å². The molecule has 2 aromatic rings. The second-order valence-electron chi connectivity index (χ2n) is 4.39. The summed E-state index contributed by atoms with van der Waals surface area (Å²) in [5.74, 6) is 0.802. The van der Waals surface area contributed by atoms with Crippen LogP contribution in [0.25, 0.3) is 0 Å². The third-order valence-electron chi connectivity index (χ3n) is 2.75. The quantitative estimate of drug-likeness (QED) is 0.876. The number of carbonyl (C=O) groups is 1. The van der Waals surface area contributed by atoms with Crippen molar-refractivity contribution in [3.8, 4) is 5.75 Å². The number of aryl methyl sites for hydroxylation is 1. The molecule has 0 aliphatic rings. The number of hydrogen-bond acceptors (Lipinski definition) is 5. The van der Waals surface area contributed by atoms with Crippen LogP contribution < -0.4 is 15.4 Å². The number of ether oxygens (including phenoxy) is 1. The van der Waals surface area contributed by atoms with E-state index in [4.69, 9.17) is 9.26 Å². The molecule has 2 rings (SSSR count). The number of anilines is 2. The van der Waals surface area contributed by atoms with Gasteiger partial charge in [0.15, 0.2) is 0 Å². The molecule has 6 nitrogen and oxygen atoms in total. The van der Waals surface area contributed by atoms with Gasteiger partial charge in [0.05, 0.1) is 18.5 Å². The van der Waals surface area contributed by atoms with Crippen molar-refractivity contribution < 1.29 is 14.1 Å². The number of methoxy groups -OCH3 is 1. The van der Waals surface area contributed by atoms with Gasteiger partial charge in [0.2, 0.25) is 11.8 Å². The van der Waals surface area contributed by atoms with Gasteiger partial charge in [0.1, 0.15) is 11.8 Å². The van der Waals surface area contributed by atoms with Crippen molar-refractivity contribution in [1.29, 1.82) is 0 Å². The van der Waals surface area contributed by atoms with Gasteiger partial charge in [-0.15, -0.1) is 0 Å². The standard InChI is InChI=1S/C14H17N3O3/c1-9-8-13(20-17-9)16-14(18)10(2)15-11-6-4-5-7-12(11)19-3/h4-8,10,15H,1-3H3,(H,16,18)/t10-/m1/s1. The summed E-state index contributed by atoms with van der Waals surface area (Å²) in [6, 6.07) is 8.62. The summed E-state index contributed by atoms with van der Waals surface area (Å²) in [6.45, 7) is 3.54. The monoisotopic (exact) mass is 275 g/mol. The van der Waals surface area contributed by atoms with Crippen LogP contribution in [-0.2, 0) is 4.79 Å². The molecule has 0 unspecified atom stereocenters. The number of aromatic nitrogens is 1. The van der Waals surface area contributed by atoms with Crippen LogP contribution in [0.15, 0.2) is 34.9 Å². The lowest BCUT2D eigenvalue weighted by atomic mass is 10.2. The van der Waals surface area contributed by atoms with Crippen LogP contribution in [0.5, 0.6) is 5.75 Å². The first-order valence-corrected chi connectivity index (χ1v) is 6.24. The molecule has 1 aromatic carbocycles. The van der Waals surface area contributed by atoms with E-state index in [1.54, 1.807) is 27.0 Å². The van der Waals surface area contributed by atoms with Gasteiger partial charge in [-0.1, -0.05) is 17.3 Å². The lowest BCUT2D eigenvalue weighted by Gasteiger charge is -2.16. The zero-order valence-corrected chi connectivity index (χ0v) is 11.6. The molecule has 1 aromatic heterocycles. The summed E-state index contributed by atoms with van der Waals surface area (Å²) >= 11 is 0. The minimum Gasteiger partial charge on any atom is -0.495 e. The number of amides is 1. The van der Waals surface area contributed by atoms with Crippen molar-refractivity contribution in [3.05, 3.63) is 36.0 Å². The lowest BCUT2D eigenvalue weighted by molar-refractivity contribution is -0.116. The Bertz CT molecular complexity index is 595. The van der Waals surface area contributed by atoms with Crippen LogP contribution in [0.1, 0.15) is 12.6 Å². The van der Waals surface area contributed by atoms with Crippen LogP contribution in [0.4, 0.5) is 11.6 Å². The lowest BCUT2D eigenvalue weighted by Crippen LogP contribution is -2.31. The van der Waals surface area contributed by atoms with Gasteiger partial charge < -0.3 is 14.6 Å². The molecular weight excluding hydrogens is 258 g/mol. The molecule has 20 heavy (non-hydrogen) atoms. The average molecular weight is 275 g/mol. The van der Waals surface area contributed by atoms with Gasteiger partial charge in [0.25, 0.3) is 0 Å². The second kappa shape index (κ2) is 6.10. The van der Waals surface area contributed by atoms with Crippen molar-refractivity contribution in [1.82, 2.24) is 5.16 Å². The highest BCUT2D eigenvalue weighted by molar-refractivity contribution is 5.95. The predicted molar refractivity (Wildman–Crippen MR) is 75.9 cm³/mol. The van der Waals surface area contributed by atoms with E-state index in [0.29, 0.717) is 17.3 Å². The third-order valence-corrected chi connectivity index (χ3v) is 2.75. The summed E-state index contributed by atoms with van der Waals surface area (Å²) in [5, 5.41) is 9.45. The van der Waals surface area contributed by atoms with Crippen LogP contribution in [0.2, 0.25) is 0 Å². The fourth-order valence-corrected chi connectivity index (χ4v) is 1.71. The molecule has 1 amide bonds. The number of nitrogens with zero attached hydrogens (tertiary/aromatic N) is 1. The van der Waals surface area contributed by atoms with Gasteiger partial charge in [0, 0.05) is 6.07 Å². The normalized spacial score (nSPS) is 11.8. The summed E-state index contributed by atoms with van der Waals surface area (Å²) in [4.78, 5) is 12.0. The molecule has 1 heterocycles. The molecule has 2 N–H and O–H groups in total. The maximum Gasteiger partial charge on any atom is 0.248 e. The molecule has 0 radical (unpaired) electrons. The van der Waals surface area contributed by atoms with E-state index in [9.17, 15) is 4.79 Å². The predicted octanol–water partition coefficient (Wildman–Crippen LogP) is 2.43. The Morgan fingerprint density at radius 2 is 2.15 bits per heavy atom. The average Bonchev–Trinajstić information content (AvgIpc) is 2.84. The van der Waals surface area contributed by atoms with Gasteiger partial charge in [-0.3, -0.25) is 10.1 Å². The Balaban J connectivity index is 2.00. The van der Waals surface area contributed by atoms with Crippen LogP contribution >= 0.6 is 0 Å². The number of hydrogen-bond donors (Lipinski definition) is 2. The molecule has 106 valence electrons. The van der Waals surface area contributed by atoms with E-state index in [0.717, 1.165) is 5.69 Å². The molecule has 1 atom stereocenters. The maximum absolute atomic E-state index is 12.0. The third kappa shape index (κ3) is 3.28. The molecule has 0 bridgehead atoms. The fourth-order valence-electron chi connectivity index (χ4n) is 1.71. The number of benzene rings is 1. The van der Waals surface area contributed by atoms with Crippen molar-refractivity contribution >= 4 is 17.5 Å². The molecule has 0 spiro atoms. The Hall–Kier alpha value is -2.50. The summed E-state index contributed by atoms with van der Waals surface area (Å²) in [6.07, 6.45) is 0. The van der Waals surface area contributed by atoms with Gasteiger partial charge in [-0.05, 0) is 26.0 Å². The number of nitrogens with one attached hydrogen (secondary N) is 2. The van der Waals surface area contributed by atoms with Gasteiger partial charge in [-0.2, -0.15) is 0 Å². The molecule has 0 saturated heterocycles. The topological polar surface area (TPSA) is 76.4 Å². The molecule has 0 aliphatic carbocycles. The van der Waals surface area contributed by atoms with E-state index in [1.807, 2.05) is 24.3 Å². The highest BCUT2D eigenvalue weighted by atomic mass is 16.5. The fraction of sp³-hybridized carbons (Fsp3) is 0.286. The number of rotatable bonds is 5. The second-order valence-corrected chi connectivity index (χ2v) is 4.39. The first-order chi connectivity index (χ1) is 9.60. The highest BCUT2D eigenvalue weighted by Gasteiger charge is 2.16. The summed E-state index contributed by atoms with van der Waals surface area (Å²) in [5.41, 5.74) is 1.47. The molecular formula is C14H17N3O3. The molecule has 0 aliphatic heterocycles. The van der Waals surface area contributed by atoms with Crippen LogP contribution in [0, 0.1) is 6.92 Å². The van der Waals surface area contributed by atoms with E-state index in [1.165, 1.54) is 0 Å². The minimum atomic E-state index is -0.447. The molecule has 0 fully saturated rings. The van der Waals surface area contributed by atoms with Gasteiger partial charge >= 0.3 is 0 Å². The van der Waals surface area contributed by atoms with Crippen LogP contribution in [0.3, 0.4) is 0 Å².